The maximum absolute atomic E-state index is 13.0. The second kappa shape index (κ2) is 9.29. The van der Waals surface area contributed by atoms with Gasteiger partial charge < -0.3 is 10.2 Å². The molecule has 8 heteroatoms. The van der Waals surface area contributed by atoms with E-state index in [1.54, 1.807) is 11.8 Å². The minimum atomic E-state index is -0.270. The van der Waals surface area contributed by atoms with Crippen molar-refractivity contribution in [1.29, 1.82) is 0 Å². The lowest BCUT2D eigenvalue weighted by molar-refractivity contribution is -0.131. The summed E-state index contributed by atoms with van der Waals surface area (Å²) in [7, 11) is 0. The van der Waals surface area contributed by atoms with Crippen molar-refractivity contribution in [3.8, 4) is 0 Å². The Labute approximate surface area is 181 Å². The fraction of sp³-hybridized carbons (Fsp3) is 0.636. The lowest BCUT2D eigenvalue weighted by atomic mass is 9.78. The molecule has 164 valence electrons. The first-order valence-corrected chi connectivity index (χ1v) is 11.7. The molecule has 2 heterocycles. The van der Waals surface area contributed by atoms with Crippen molar-refractivity contribution >= 4 is 33.4 Å². The van der Waals surface area contributed by atoms with E-state index in [0.717, 1.165) is 12.8 Å². The van der Waals surface area contributed by atoms with Crippen LogP contribution in [0, 0.1) is 18.8 Å². The van der Waals surface area contributed by atoms with Crippen LogP contribution in [0.25, 0.3) is 10.2 Å². The summed E-state index contributed by atoms with van der Waals surface area (Å²) in [6.45, 7) is 11.2. The number of rotatable bonds is 6. The number of nitrogens with zero attached hydrogens (tertiary/aromatic N) is 3. The molecule has 3 unspecified atom stereocenters. The molecule has 0 bridgehead atoms. The number of carbonyl (C=O) groups is 2. The van der Waals surface area contributed by atoms with Crippen molar-refractivity contribution in [2.24, 2.45) is 11.8 Å². The van der Waals surface area contributed by atoms with E-state index < -0.39 is 0 Å². The number of likely N-dealkylation sites (N-methyl/N-ethyl adjacent to an activating group) is 1. The molecule has 0 saturated heterocycles. The average molecular weight is 433 g/mol. The van der Waals surface area contributed by atoms with Crippen molar-refractivity contribution < 1.29 is 9.59 Å². The van der Waals surface area contributed by atoms with Crippen LogP contribution in [0.1, 0.15) is 62.2 Å². The van der Waals surface area contributed by atoms with Crippen molar-refractivity contribution in [2.75, 3.05) is 13.1 Å². The zero-order valence-electron chi connectivity index (χ0n) is 18.5. The molecule has 2 amide bonds. The molecule has 2 aromatic heterocycles. The van der Waals surface area contributed by atoms with Crippen LogP contribution in [0.15, 0.2) is 11.1 Å². The van der Waals surface area contributed by atoms with Crippen molar-refractivity contribution in [3.63, 3.8) is 0 Å². The largest absolute Gasteiger partial charge is 0.348 e. The van der Waals surface area contributed by atoms with Crippen LogP contribution in [0.2, 0.25) is 0 Å². The zero-order chi connectivity index (χ0) is 22.0. The van der Waals surface area contributed by atoms with Gasteiger partial charge in [-0.2, -0.15) is 0 Å². The number of fused-ring (bicyclic) bond motifs is 1. The minimum Gasteiger partial charge on any atom is -0.348 e. The predicted octanol–water partition coefficient (Wildman–Crippen LogP) is 3.19. The summed E-state index contributed by atoms with van der Waals surface area (Å²) in [6, 6.07) is 0.155. The van der Waals surface area contributed by atoms with Gasteiger partial charge >= 0.3 is 0 Å². The summed E-state index contributed by atoms with van der Waals surface area (Å²) in [5.74, 6) is 0.768. The predicted molar refractivity (Wildman–Crippen MR) is 120 cm³/mol. The number of carbonyl (C=O) groups excluding carboxylic acids is 2. The molecule has 0 aromatic carbocycles. The van der Waals surface area contributed by atoms with Gasteiger partial charge in [0.25, 0.3) is 11.5 Å². The summed E-state index contributed by atoms with van der Waals surface area (Å²) in [5, 5.41) is 3.62. The second-order valence-corrected chi connectivity index (χ2v) is 9.33. The van der Waals surface area contributed by atoms with Crippen LogP contribution in [0.5, 0.6) is 0 Å². The monoisotopic (exact) mass is 432 g/mol. The molecule has 0 radical (unpaired) electrons. The van der Waals surface area contributed by atoms with E-state index in [4.69, 9.17) is 0 Å². The van der Waals surface area contributed by atoms with Crippen molar-refractivity contribution in [2.45, 2.75) is 66.5 Å². The van der Waals surface area contributed by atoms with E-state index in [-0.39, 0.29) is 30.0 Å². The Bertz CT molecular complexity index is 992. The first-order valence-electron chi connectivity index (χ1n) is 10.9. The van der Waals surface area contributed by atoms with Gasteiger partial charge in [0.05, 0.1) is 16.6 Å². The lowest BCUT2D eigenvalue weighted by Crippen LogP contribution is -2.43. The Hall–Kier alpha value is -2.22. The van der Waals surface area contributed by atoms with Gasteiger partial charge in [-0.15, -0.1) is 11.3 Å². The van der Waals surface area contributed by atoms with Gasteiger partial charge in [-0.3, -0.25) is 19.0 Å². The summed E-state index contributed by atoms with van der Waals surface area (Å²) >= 11 is 1.25. The van der Waals surface area contributed by atoms with E-state index in [1.165, 1.54) is 28.7 Å². The van der Waals surface area contributed by atoms with Crippen molar-refractivity contribution in [3.05, 3.63) is 27.1 Å². The Morgan fingerprint density at radius 3 is 2.63 bits per heavy atom. The SMILES string of the molecule is CCN(CC)C(=O)Cn1cnc2sc(C(=O)NC3CCCC(C)C3C)c(C)c2c1=O. The molecular weight excluding hydrogens is 400 g/mol. The fourth-order valence-electron chi connectivity index (χ4n) is 4.33. The van der Waals surface area contributed by atoms with Gasteiger partial charge in [-0.1, -0.05) is 26.7 Å². The molecular formula is C22H32N4O3S. The van der Waals surface area contributed by atoms with Crippen LogP contribution >= 0.6 is 11.3 Å². The first kappa shape index (κ1) is 22.5. The normalized spacial score (nSPS) is 21.6. The van der Waals surface area contributed by atoms with E-state index >= 15 is 0 Å². The Kier molecular flexibility index (Phi) is 6.95. The van der Waals surface area contributed by atoms with Crippen LogP contribution < -0.4 is 10.9 Å². The van der Waals surface area contributed by atoms with Gasteiger partial charge in [0.2, 0.25) is 5.91 Å². The third-order valence-corrected chi connectivity index (χ3v) is 7.77. The lowest BCUT2D eigenvalue weighted by Gasteiger charge is -2.34. The van der Waals surface area contributed by atoms with E-state index in [9.17, 15) is 14.4 Å². The summed E-state index contributed by atoms with van der Waals surface area (Å²) in [5.41, 5.74) is 0.374. The fourth-order valence-corrected chi connectivity index (χ4v) is 5.37. The Balaban J connectivity index is 1.87. The average Bonchev–Trinajstić information content (AvgIpc) is 3.06. The van der Waals surface area contributed by atoms with Gasteiger partial charge in [0.1, 0.15) is 11.4 Å². The molecule has 1 aliphatic rings. The van der Waals surface area contributed by atoms with Crippen LogP contribution in [-0.4, -0.2) is 45.4 Å². The molecule has 3 rings (SSSR count). The van der Waals surface area contributed by atoms with Gasteiger partial charge in [0.15, 0.2) is 0 Å². The second-order valence-electron chi connectivity index (χ2n) is 8.33. The molecule has 1 fully saturated rings. The third-order valence-electron chi connectivity index (χ3n) is 6.57. The van der Waals surface area contributed by atoms with E-state index in [1.807, 2.05) is 13.8 Å². The summed E-state index contributed by atoms with van der Waals surface area (Å²) in [6.07, 6.45) is 4.72. The number of aryl methyl sites for hydroxylation is 1. The smallest absolute Gasteiger partial charge is 0.262 e. The number of amides is 2. The number of aromatic nitrogens is 2. The standard InChI is InChI=1S/C22H32N4O3S/c1-6-25(7-2)17(27)11-26-12-23-21-18(22(26)29)15(5)19(30-21)20(28)24-16-10-8-9-13(3)14(16)4/h12-14,16H,6-11H2,1-5H3,(H,24,28). The molecule has 0 aliphatic heterocycles. The zero-order valence-corrected chi connectivity index (χ0v) is 19.3. The highest BCUT2D eigenvalue weighted by Crippen LogP contribution is 2.31. The Morgan fingerprint density at radius 1 is 1.27 bits per heavy atom. The summed E-state index contributed by atoms with van der Waals surface area (Å²) < 4.78 is 1.34. The van der Waals surface area contributed by atoms with Crippen LogP contribution in [-0.2, 0) is 11.3 Å². The molecule has 30 heavy (non-hydrogen) atoms. The highest BCUT2D eigenvalue weighted by molar-refractivity contribution is 7.20. The van der Waals surface area contributed by atoms with E-state index in [2.05, 4.69) is 24.1 Å². The molecule has 3 atom stereocenters. The molecule has 1 saturated carbocycles. The molecule has 1 aliphatic carbocycles. The quantitative estimate of drug-likeness (QED) is 0.760. The van der Waals surface area contributed by atoms with Crippen molar-refractivity contribution in [1.82, 2.24) is 19.8 Å². The van der Waals surface area contributed by atoms with Gasteiger partial charge in [-0.25, -0.2) is 4.98 Å². The highest BCUT2D eigenvalue weighted by Gasteiger charge is 2.29. The molecule has 1 N–H and O–H groups in total. The molecule has 7 nitrogen and oxygen atoms in total. The minimum absolute atomic E-state index is 0.0439. The van der Waals surface area contributed by atoms with E-state index in [0.29, 0.717) is 45.6 Å². The highest BCUT2D eigenvalue weighted by atomic mass is 32.1. The maximum Gasteiger partial charge on any atom is 0.262 e. The molecule has 2 aromatic rings. The third kappa shape index (κ3) is 4.29. The van der Waals surface area contributed by atoms with Gasteiger partial charge in [-0.05, 0) is 44.6 Å². The number of hydrogen-bond donors (Lipinski definition) is 1. The van der Waals surface area contributed by atoms with Crippen LogP contribution in [0.3, 0.4) is 0 Å². The van der Waals surface area contributed by atoms with Crippen LogP contribution in [0.4, 0.5) is 0 Å². The Morgan fingerprint density at radius 2 is 1.97 bits per heavy atom. The molecule has 0 spiro atoms. The van der Waals surface area contributed by atoms with Gasteiger partial charge in [0, 0.05) is 19.1 Å². The summed E-state index contributed by atoms with van der Waals surface area (Å²) in [4.78, 5) is 45.6. The maximum atomic E-state index is 13.0. The first-order chi connectivity index (χ1) is 14.3. The number of nitrogens with one attached hydrogen (secondary N) is 1. The number of thiophene rings is 1. The number of hydrogen-bond acceptors (Lipinski definition) is 5. The topological polar surface area (TPSA) is 84.3 Å².